The third-order valence-electron chi connectivity index (χ3n) is 4.82. The molecular formula is C17H31N5O2. The number of aromatic nitrogens is 3. The number of aliphatic hydroxyl groups excluding tert-OH is 1. The topological polar surface area (TPSA) is 92.1 Å². The molecule has 136 valence electrons. The number of carbonyl (C=O) groups excluding carboxylic acids is 1. The lowest BCUT2D eigenvalue weighted by atomic mass is 9.90. The molecule has 1 aromatic heterocycles. The SMILES string of the molecule is O=C(NCCCCn1cnnc1)NC(CCO)C1CCCCCC1. The van der Waals surface area contributed by atoms with Crippen LogP contribution in [0.4, 0.5) is 4.79 Å². The number of urea groups is 1. The largest absolute Gasteiger partial charge is 0.396 e. The first-order valence-electron chi connectivity index (χ1n) is 9.27. The van der Waals surface area contributed by atoms with Crippen LogP contribution in [0.3, 0.4) is 0 Å². The minimum absolute atomic E-state index is 0.0881. The van der Waals surface area contributed by atoms with Crippen LogP contribution in [-0.2, 0) is 6.54 Å². The van der Waals surface area contributed by atoms with E-state index in [4.69, 9.17) is 0 Å². The number of nitrogens with zero attached hydrogens (tertiary/aromatic N) is 3. The fraction of sp³-hybridized carbons (Fsp3) is 0.824. The molecular weight excluding hydrogens is 306 g/mol. The minimum atomic E-state index is -0.109. The number of aryl methyl sites for hydroxylation is 1. The van der Waals surface area contributed by atoms with Crippen molar-refractivity contribution in [2.24, 2.45) is 5.92 Å². The van der Waals surface area contributed by atoms with Gasteiger partial charge in [0.15, 0.2) is 0 Å². The molecule has 3 N–H and O–H groups in total. The number of amides is 2. The Labute approximate surface area is 144 Å². The highest BCUT2D eigenvalue weighted by Crippen LogP contribution is 2.26. The molecule has 24 heavy (non-hydrogen) atoms. The van der Waals surface area contributed by atoms with Crippen LogP contribution in [0, 0.1) is 5.92 Å². The summed E-state index contributed by atoms with van der Waals surface area (Å²) in [5.41, 5.74) is 0. The van der Waals surface area contributed by atoms with E-state index in [1.54, 1.807) is 12.7 Å². The Hall–Kier alpha value is -1.63. The monoisotopic (exact) mass is 337 g/mol. The van der Waals surface area contributed by atoms with Crippen LogP contribution in [0.15, 0.2) is 12.7 Å². The third-order valence-corrected chi connectivity index (χ3v) is 4.82. The first-order valence-corrected chi connectivity index (χ1v) is 9.27. The van der Waals surface area contributed by atoms with Gasteiger partial charge in [-0.25, -0.2) is 4.79 Å². The Morgan fingerprint density at radius 1 is 1.17 bits per heavy atom. The highest BCUT2D eigenvalue weighted by Gasteiger charge is 2.23. The lowest BCUT2D eigenvalue weighted by molar-refractivity contribution is 0.207. The van der Waals surface area contributed by atoms with Crippen LogP contribution in [0.1, 0.15) is 57.8 Å². The second kappa shape index (κ2) is 11.0. The van der Waals surface area contributed by atoms with Gasteiger partial charge in [0.1, 0.15) is 12.7 Å². The number of nitrogens with one attached hydrogen (secondary N) is 2. The van der Waals surface area contributed by atoms with Crippen molar-refractivity contribution in [3.8, 4) is 0 Å². The summed E-state index contributed by atoms with van der Waals surface area (Å²) >= 11 is 0. The summed E-state index contributed by atoms with van der Waals surface area (Å²) in [6, 6.07) is -0.0212. The van der Waals surface area contributed by atoms with Gasteiger partial charge in [-0.15, -0.1) is 10.2 Å². The van der Waals surface area contributed by atoms with Crippen LogP contribution in [0.2, 0.25) is 0 Å². The maximum absolute atomic E-state index is 12.1. The lowest BCUT2D eigenvalue weighted by Crippen LogP contribution is -2.46. The summed E-state index contributed by atoms with van der Waals surface area (Å²) < 4.78 is 1.93. The van der Waals surface area contributed by atoms with E-state index in [0.717, 1.165) is 32.2 Å². The molecule has 2 amide bonds. The molecule has 0 spiro atoms. The van der Waals surface area contributed by atoms with E-state index in [9.17, 15) is 9.90 Å². The molecule has 0 saturated heterocycles. The van der Waals surface area contributed by atoms with Gasteiger partial charge >= 0.3 is 6.03 Å². The van der Waals surface area contributed by atoms with Crippen LogP contribution in [0.25, 0.3) is 0 Å². The number of aliphatic hydroxyl groups is 1. The van der Waals surface area contributed by atoms with Gasteiger partial charge in [-0.2, -0.15) is 0 Å². The van der Waals surface area contributed by atoms with Gasteiger partial charge < -0.3 is 20.3 Å². The predicted octanol–water partition coefficient (Wildman–Crippen LogP) is 2.08. The highest BCUT2D eigenvalue weighted by atomic mass is 16.3. The van der Waals surface area contributed by atoms with Gasteiger partial charge in [0.2, 0.25) is 0 Å². The summed E-state index contributed by atoms with van der Waals surface area (Å²) in [7, 11) is 0. The maximum atomic E-state index is 12.1. The molecule has 0 aliphatic heterocycles. The Kier molecular flexibility index (Phi) is 8.59. The van der Waals surface area contributed by atoms with E-state index >= 15 is 0 Å². The summed E-state index contributed by atoms with van der Waals surface area (Å²) in [6.45, 7) is 1.65. The maximum Gasteiger partial charge on any atom is 0.315 e. The molecule has 0 radical (unpaired) electrons. The normalized spacial score (nSPS) is 17.2. The van der Waals surface area contributed by atoms with E-state index < -0.39 is 0 Å². The first-order chi connectivity index (χ1) is 11.8. The molecule has 1 aliphatic carbocycles. The lowest BCUT2D eigenvalue weighted by Gasteiger charge is -2.26. The van der Waals surface area contributed by atoms with E-state index in [2.05, 4.69) is 20.8 Å². The molecule has 1 saturated carbocycles. The van der Waals surface area contributed by atoms with Gasteiger partial charge in [0, 0.05) is 25.7 Å². The molecule has 2 rings (SSSR count). The number of unbranched alkanes of at least 4 members (excludes halogenated alkanes) is 1. The second-order valence-electron chi connectivity index (χ2n) is 6.68. The van der Waals surface area contributed by atoms with Gasteiger partial charge in [-0.05, 0) is 38.0 Å². The van der Waals surface area contributed by atoms with Crippen LogP contribution < -0.4 is 10.6 Å². The van der Waals surface area contributed by atoms with Crippen molar-refractivity contribution in [2.45, 2.75) is 70.4 Å². The van der Waals surface area contributed by atoms with Crippen molar-refractivity contribution in [1.29, 1.82) is 0 Å². The molecule has 1 heterocycles. The Bertz CT molecular complexity index is 444. The molecule has 1 unspecified atom stereocenters. The quantitative estimate of drug-likeness (QED) is 0.475. The van der Waals surface area contributed by atoms with Gasteiger partial charge in [0.05, 0.1) is 0 Å². The zero-order chi connectivity index (χ0) is 17.0. The molecule has 1 atom stereocenters. The molecule has 0 bridgehead atoms. The third kappa shape index (κ3) is 6.86. The molecule has 7 nitrogen and oxygen atoms in total. The first kappa shape index (κ1) is 18.7. The summed E-state index contributed by atoms with van der Waals surface area (Å²) in [4.78, 5) is 12.1. The van der Waals surface area contributed by atoms with E-state index in [1.807, 2.05) is 4.57 Å². The van der Waals surface area contributed by atoms with E-state index in [0.29, 0.717) is 18.9 Å². The smallest absolute Gasteiger partial charge is 0.315 e. The van der Waals surface area contributed by atoms with Crippen LogP contribution in [0.5, 0.6) is 0 Å². The van der Waals surface area contributed by atoms with Gasteiger partial charge in [0.25, 0.3) is 0 Å². The van der Waals surface area contributed by atoms with Crippen molar-refractivity contribution in [3.63, 3.8) is 0 Å². The zero-order valence-corrected chi connectivity index (χ0v) is 14.5. The fourth-order valence-electron chi connectivity index (χ4n) is 3.46. The Morgan fingerprint density at radius 3 is 2.54 bits per heavy atom. The average molecular weight is 337 g/mol. The summed E-state index contributed by atoms with van der Waals surface area (Å²) in [6.07, 6.45) is 13.3. The van der Waals surface area contributed by atoms with Crippen molar-refractivity contribution < 1.29 is 9.90 Å². The molecule has 1 fully saturated rings. The molecule has 1 aliphatic rings. The van der Waals surface area contributed by atoms with Crippen molar-refractivity contribution in [2.75, 3.05) is 13.2 Å². The molecule has 7 heteroatoms. The van der Waals surface area contributed by atoms with Crippen molar-refractivity contribution in [3.05, 3.63) is 12.7 Å². The Balaban J connectivity index is 1.64. The number of hydrogen-bond donors (Lipinski definition) is 3. The minimum Gasteiger partial charge on any atom is -0.396 e. The fourth-order valence-corrected chi connectivity index (χ4v) is 3.46. The highest BCUT2D eigenvalue weighted by molar-refractivity contribution is 5.74. The summed E-state index contributed by atoms with van der Waals surface area (Å²) in [5.74, 6) is 0.499. The van der Waals surface area contributed by atoms with Gasteiger partial charge in [-0.1, -0.05) is 25.7 Å². The van der Waals surface area contributed by atoms with Crippen molar-refractivity contribution in [1.82, 2.24) is 25.4 Å². The van der Waals surface area contributed by atoms with Gasteiger partial charge in [-0.3, -0.25) is 0 Å². The second-order valence-corrected chi connectivity index (χ2v) is 6.68. The number of hydrogen-bond acceptors (Lipinski definition) is 4. The van der Waals surface area contributed by atoms with Crippen LogP contribution >= 0.6 is 0 Å². The Morgan fingerprint density at radius 2 is 1.88 bits per heavy atom. The van der Waals surface area contributed by atoms with Crippen molar-refractivity contribution >= 4 is 6.03 Å². The molecule has 1 aromatic rings. The number of rotatable bonds is 9. The average Bonchev–Trinajstić information content (AvgIpc) is 2.94. The van der Waals surface area contributed by atoms with E-state index in [-0.39, 0.29) is 18.7 Å². The standard InChI is InChI=1S/C17H31N5O2/c23-12-9-16(15-7-3-1-2-4-8-15)21-17(24)18-10-5-6-11-22-13-19-20-14-22/h13-16,23H,1-12H2,(H2,18,21,24). The summed E-state index contributed by atoms with van der Waals surface area (Å²) in [5, 5.41) is 22.8. The zero-order valence-electron chi connectivity index (χ0n) is 14.5. The molecule has 0 aromatic carbocycles. The number of carbonyl (C=O) groups is 1. The van der Waals surface area contributed by atoms with E-state index in [1.165, 1.54) is 25.7 Å². The van der Waals surface area contributed by atoms with Crippen LogP contribution in [-0.4, -0.2) is 45.1 Å². The predicted molar refractivity (Wildman–Crippen MR) is 92.5 cm³/mol.